The Morgan fingerprint density at radius 2 is 1.55 bits per heavy atom. The van der Waals surface area contributed by atoms with Crippen molar-refractivity contribution in [3.63, 3.8) is 0 Å². The zero-order chi connectivity index (χ0) is 13.9. The van der Waals surface area contributed by atoms with Crippen LogP contribution in [0, 0.1) is 5.82 Å². The minimum Gasteiger partial charge on any atom is -0.508 e. The summed E-state index contributed by atoms with van der Waals surface area (Å²) >= 11 is 0. The molecule has 98 valence electrons. The summed E-state index contributed by atoms with van der Waals surface area (Å²) in [7, 11) is 0. The second-order valence-corrected chi connectivity index (χ2v) is 4.33. The molecule has 0 aliphatic carbocycles. The van der Waals surface area contributed by atoms with Crippen LogP contribution in [0.3, 0.4) is 0 Å². The molecule has 1 N–H and O–H groups in total. The van der Waals surface area contributed by atoms with E-state index in [2.05, 4.69) is 9.97 Å². The van der Waals surface area contributed by atoms with E-state index < -0.39 is 5.82 Å². The monoisotopic (exact) mass is 266 g/mol. The number of nitrogens with zero attached hydrogens (tertiary/aromatic N) is 2. The molecule has 0 radical (unpaired) electrons. The van der Waals surface area contributed by atoms with Crippen molar-refractivity contribution in [2.75, 3.05) is 0 Å². The van der Waals surface area contributed by atoms with E-state index in [1.54, 1.807) is 12.4 Å². The summed E-state index contributed by atoms with van der Waals surface area (Å²) in [4.78, 5) is 8.50. The van der Waals surface area contributed by atoms with E-state index in [4.69, 9.17) is 0 Å². The number of rotatable bonds is 2. The fourth-order valence-corrected chi connectivity index (χ4v) is 1.94. The van der Waals surface area contributed by atoms with Gasteiger partial charge in [0.2, 0.25) is 0 Å². The van der Waals surface area contributed by atoms with E-state index >= 15 is 0 Å². The van der Waals surface area contributed by atoms with E-state index in [0.29, 0.717) is 17.0 Å². The van der Waals surface area contributed by atoms with Gasteiger partial charge in [0.25, 0.3) is 0 Å². The Labute approximate surface area is 115 Å². The normalized spacial score (nSPS) is 10.4. The van der Waals surface area contributed by atoms with E-state index in [1.165, 1.54) is 12.1 Å². The van der Waals surface area contributed by atoms with Gasteiger partial charge in [-0.15, -0.1) is 0 Å². The lowest BCUT2D eigenvalue weighted by molar-refractivity contribution is 0.469. The van der Waals surface area contributed by atoms with Crippen molar-refractivity contribution in [1.29, 1.82) is 0 Å². The summed E-state index contributed by atoms with van der Waals surface area (Å²) in [5.41, 5.74) is 1.84. The maximum Gasteiger partial charge on any atom is 0.159 e. The largest absolute Gasteiger partial charge is 0.508 e. The molecule has 0 atom stereocenters. The highest BCUT2D eigenvalue weighted by molar-refractivity contribution is 5.65. The lowest BCUT2D eigenvalue weighted by Crippen LogP contribution is -1.91. The number of halogens is 1. The quantitative estimate of drug-likeness (QED) is 0.770. The average Bonchev–Trinajstić information content (AvgIpc) is 2.48. The molecule has 0 saturated heterocycles. The molecular formula is C16H11FN2O. The topological polar surface area (TPSA) is 46.0 Å². The van der Waals surface area contributed by atoms with Crippen LogP contribution in [0.1, 0.15) is 0 Å². The molecule has 0 unspecified atom stereocenters. The molecule has 2 aromatic carbocycles. The fourth-order valence-electron chi connectivity index (χ4n) is 1.94. The number of aromatic nitrogens is 2. The van der Waals surface area contributed by atoms with Gasteiger partial charge in [0, 0.05) is 35.2 Å². The highest BCUT2D eigenvalue weighted by atomic mass is 19.1. The second kappa shape index (κ2) is 5.09. The third kappa shape index (κ3) is 2.36. The van der Waals surface area contributed by atoms with Gasteiger partial charge in [0.1, 0.15) is 11.6 Å². The van der Waals surface area contributed by atoms with Gasteiger partial charge >= 0.3 is 0 Å². The molecule has 4 heteroatoms. The number of phenolic OH excluding ortho intramolecular Hbond substituents is 1. The van der Waals surface area contributed by atoms with Crippen LogP contribution in [0.2, 0.25) is 0 Å². The third-order valence-corrected chi connectivity index (χ3v) is 2.95. The van der Waals surface area contributed by atoms with Crippen molar-refractivity contribution in [3.05, 3.63) is 66.7 Å². The molecule has 3 rings (SSSR count). The van der Waals surface area contributed by atoms with Crippen molar-refractivity contribution in [2.24, 2.45) is 0 Å². The Morgan fingerprint density at radius 3 is 2.20 bits per heavy atom. The Morgan fingerprint density at radius 1 is 0.850 bits per heavy atom. The van der Waals surface area contributed by atoms with Crippen molar-refractivity contribution in [2.45, 2.75) is 0 Å². The van der Waals surface area contributed by atoms with Gasteiger partial charge in [-0.1, -0.05) is 30.3 Å². The molecule has 3 nitrogen and oxygen atoms in total. The molecule has 1 heterocycles. The smallest absolute Gasteiger partial charge is 0.159 e. The molecule has 0 aliphatic rings. The van der Waals surface area contributed by atoms with E-state index in [1.807, 2.05) is 30.3 Å². The molecule has 0 bridgehead atoms. The predicted octanol–water partition coefficient (Wildman–Crippen LogP) is 3.66. The molecule has 20 heavy (non-hydrogen) atoms. The van der Waals surface area contributed by atoms with Crippen LogP contribution in [-0.2, 0) is 0 Å². The van der Waals surface area contributed by atoms with E-state index in [9.17, 15) is 9.50 Å². The summed E-state index contributed by atoms with van der Waals surface area (Å²) in [5.74, 6) is -0.0114. The first-order valence-corrected chi connectivity index (χ1v) is 6.10. The highest BCUT2D eigenvalue weighted by Gasteiger charge is 2.08. The van der Waals surface area contributed by atoms with Gasteiger partial charge in [0.15, 0.2) is 5.82 Å². The molecular weight excluding hydrogens is 255 g/mol. The summed E-state index contributed by atoms with van der Waals surface area (Å²) in [5, 5.41) is 9.21. The number of hydrogen-bond acceptors (Lipinski definition) is 3. The highest BCUT2D eigenvalue weighted by Crippen LogP contribution is 2.25. The van der Waals surface area contributed by atoms with Crippen molar-refractivity contribution in [1.82, 2.24) is 9.97 Å². The summed E-state index contributed by atoms with van der Waals surface area (Å²) in [6, 6.07) is 13.6. The van der Waals surface area contributed by atoms with Crippen LogP contribution in [0.25, 0.3) is 22.5 Å². The molecule has 0 saturated carbocycles. The van der Waals surface area contributed by atoms with Gasteiger partial charge < -0.3 is 5.11 Å². The van der Waals surface area contributed by atoms with E-state index in [-0.39, 0.29) is 5.75 Å². The zero-order valence-corrected chi connectivity index (χ0v) is 10.5. The Hall–Kier alpha value is -2.75. The molecule has 0 amide bonds. The maximum atomic E-state index is 13.7. The zero-order valence-electron chi connectivity index (χ0n) is 10.5. The van der Waals surface area contributed by atoms with Gasteiger partial charge in [-0.2, -0.15) is 0 Å². The lowest BCUT2D eigenvalue weighted by Gasteiger charge is -2.05. The molecule has 0 fully saturated rings. The number of aromatic hydroxyl groups is 1. The molecule has 0 aliphatic heterocycles. The van der Waals surface area contributed by atoms with Gasteiger partial charge in [-0.3, -0.25) is 0 Å². The number of hydrogen-bond donors (Lipinski definition) is 1. The van der Waals surface area contributed by atoms with Crippen LogP contribution in [-0.4, -0.2) is 15.1 Å². The lowest BCUT2D eigenvalue weighted by atomic mass is 10.1. The summed E-state index contributed by atoms with van der Waals surface area (Å²) in [6.07, 6.45) is 3.15. The summed E-state index contributed by atoms with van der Waals surface area (Å²) in [6.45, 7) is 0. The molecule has 3 aromatic rings. The predicted molar refractivity (Wildman–Crippen MR) is 74.5 cm³/mol. The average molecular weight is 266 g/mol. The Bertz CT molecular complexity index is 727. The fraction of sp³-hybridized carbons (Fsp3) is 0. The van der Waals surface area contributed by atoms with Crippen LogP contribution >= 0.6 is 0 Å². The maximum absolute atomic E-state index is 13.7. The van der Waals surface area contributed by atoms with Crippen molar-refractivity contribution < 1.29 is 9.50 Å². The minimum atomic E-state index is -0.499. The van der Waals surface area contributed by atoms with Crippen molar-refractivity contribution >= 4 is 0 Å². The second-order valence-electron chi connectivity index (χ2n) is 4.33. The van der Waals surface area contributed by atoms with E-state index in [0.717, 1.165) is 11.6 Å². The SMILES string of the molecule is Oc1ccc(-c2cnc(-c3ccccc3)nc2)c(F)c1. The van der Waals surface area contributed by atoms with Crippen LogP contribution < -0.4 is 0 Å². The standard InChI is InChI=1S/C16H11FN2O/c17-15-8-13(20)6-7-14(15)12-9-18-16(19-10-12)11-4-2-1-3-5-11/h1-10,20H. The third-order valence-electron chi connectivity index (χ3n) is 2.95. The van der Waals surface area contributed by atoms with Crippen LogP contribution in [0.4, 0.5) is 4.39 Å². The molecule has 1 aromatic heterocycles. The van der Waals surface area contributed by atoms with Gasteiger partial charge in [-0.05, 0) is 12.1 Å². The first kappa shape index (κ1) is 12.3. The first-order chi connectivity index (χ1) is 9.74. The van der Waals surface area contributed by atoms with Gasteiger partial charge in [0.05, 0.1) is 0 Å². The van der Waals surface area contributed by atoms with Crippen molar-refractivity contribution in [3.8, 4) is 28.3 Å². The minimum absolute atomic E-state index is 0.104. The van der Waals surface area contributed by atoms with Gasteiger partial charge in [-0.25, -0.2) is 14.4 Å². The Balaban J connectivity index is 1.97. The van der Waals surface area contributed by atoms with Crippen LogP contribution in [0.15, 0.2) is 60.9 Å². The molecule has 0 spiro atoms. The number of benzene rings is 2. The first-order valence-electron chi connectivity index (χ1n) is 6.10. The van der Waals surface area contributed by atoms with Crippen LogP contribution in [0.5, 0.6) is 5.75 Å². The Kier molecular flexibility index (Phi) is 3.13. The number of phenols is 1. The summed E-state index contributed by atoms with van der Waals surface area (Å²) < 4.78 is 13.7.